The summed E-state index contributed by atoms with van der Waals surface area (Å²) in [5.74, 6) is -0.998. The smallest absolute Gasteiger partial charge is 0.126 e. The lowest BCUT2D eigenvalue weighted by atomic mass is 10.1. The van der Waals surface area contributed by atoms with E-state index in [1.165, 1.54) is 12.1 Å². The molecule has 100 valence electrons. The van der Waals surface area contributed by atoms with Crippen LogP contribution in [0.4, 0.5) is 8.78 Å². The Kier molecular flexibility index (Phi) is 4.30. The number of hydrogen-bond donors (Lipinski definition) is 1. The highest BCUT2D eigenvalue weighted by Gasteiger charge is 2.24. The van der Waals surface area contributed by atoms with Gasteiger partial charge in [-0.3, -0.25) is 4.90 Å². The van der Waals surface area contributed by atoms with E-state index in [0.717, 1.165) is 25.6 Å². The third-order valence-corrected chi connectivity index (χ3v) is 3.51. The number of hydrogen-bond acceptors (Lipinski definition) is 2. The first-order valence-electron chi connectivity index (χ1n) is 6.51. The molecule has 0 aromatic heterocycles. The molecule has 0 amide bonds. The third-order valence-electron chi connectivity index (χ3n) is 3.51. The molecule has 0 bridgehead atoms. The molecule has 1 aliphatic heterocycles. The van der Waals surface area contributed by atoms with Gasteiger partial charge < -0.3 is 5.32 Å². The highest BCUT2D eigenvalue weighted by atomic mass is 19.1. The van der Waals surface area contributed by atoms with Crippen LogP contribution in [-0.2, 0) is 6.54 Å². The zero-order valence-electron chi connectivity index (χ0n) is 10.9. The molecule has 1 aromatic rings. The maximum Gasteiger partial charge on any atom is 0.126 e. The summed E-state index contributed by atoms with van der Waals surface area (Å²) in [5.41, 5.74) is 0.708. The molecule has 0 aliphatic carbocycles. The van der Waals surface area contributed by atoms with Gasteiger partial charge in [0.1, 0.15) is 11.6 Å². The molecule has 2 atom stereocenters. The van der Waals surface area contributed by atoms with Gasteiger partial charge >= 0.3 is 0 Å². The molecule has 1 heterocycles. The fraction of sp³-hybridized carbons (Fsp3) is 0.571. The largest absolute Gasteiger partial charge is 0.311 e. The van der Waals surface area contributed by atoms with Gasteiger partial charge in [0, 0.05) is 37.8 Å². The summed E-state index contributed by atoms with van der Waals surface area (Å²) in [4.78, 5) is 2.30. The molecule has 18 heavy (non-hydrogen) atoms. The molecule has 1 aliphatic rings. The average molecular weight is 254 g/mol. The summed E-state index contributed by atoms with van der Waals surface area (Å²) in [6.45, 7) is 6.73. The molecule has 1 fully saturated rings. The summed E-state index contributed by atoms with van der Waals surface area (Å²) in [7, 11) is 0. The van der Waals surface area contributed by atoms with Gasteiger partial charge in [0.25, 0.3) is 0 Å². The number of benzene rings is 1. The van der Waals surface area contributed by atoms with Crippen LogP contribution in [-0.4, -0.2) is 30.1 Å². The van der Waals surface area contributed by atoms with Gasteiger partial charge in [-0.25, -0.2) is 8.78 Å². The predicted octanol–water partition coefficient (Wildman–Crippen LogP) is 2.54. The average Bonchev–Trinajstić information content (AvgIpc) is 2.27. The number of nitrogens with zero attached hydrogens (tertiary/aromatic N) is 1. The molecule has 2 unspecified atom stereocenters. The van der Waals surface area contributed by atoms with Crippen molar-refractivity contribution >= 4 is 0 Å². The van der Waals surface area contributed by atoms with Crippen LogP contribution in [0.1, 0.15) is 25.8 Å². The van der Waals surface area contributed by atoms with Gasteiger partial charge in [-0.2, -0.15) is 0 Å². The van der Waals surface area contributed by atoms with Crippen molar-refractivity contribution in [2.75, 3.05) is 13.1 Å². The van der Waals surface area contributed by atoms with E-state index in [0.29, 0.717) is 24.2 Å². The van der Waals surface area contributed by atoms with Gasteiger partial charge in [0.15, 0.2) is 0 Å². The van der Waals surface area contributed by atoms with E-state index < -0.39 is 11.6 Å². The minimum absolute atomic E-state index is 0.422. The van der Waals surface area contributed by atoms with Gasteiger partial charge in [0.05, 0.1) is 0 Å². The second kappa shape index (κ2) is 5.76. The summed E-state index contributed by atoms with van der Waals surface area (Å²) in [6, 6.07) is 4.62. The van der Waals surface area contributed by atoms with E-state index in [9.17, 15) is 8.78 Å². The molecule has 1 aromatic carbocycles. The van der Waals surface area contributed by atoms with Crippen molar-refractivity contribution in [1.29, 1.82) is 0 Å². The molecule has 0 saturated carbocycles. The van der Waals surface area contributed by atoms with E-state index in [2.05, 4.69) is 24.1 Å². The minimum atomic E-state index is -0.499. The van der Waals surface area contributed by atoms with Crippen LogP contribution in [0.2, 0.25) is 0 Å². The predicted molar refractivity (Wildman–Crippen MR) is 68.3 cm³/mol. The van der Waals surface area contributed by atoms with Crippen LogP contribution in [0.25, 0.3) is 0 Å². The van der Waals surface area contributed by atoms with E-state index in [1.807, 2.05) is 0 Å². The normalized spacial score (nSPS) is 25.3. The maximum absolute atomic E-state index is 13.2. The first-order valence-corrected chi connectivity index (χ1v) is 6.51. The highest BCUT2D eigenvalue weighted by molar-refractivity contribution is 5.18. The van der Waals surface area contributed by atoms with Crippen LogP contribution in [0.5, 0.6) is 0 Å². The van der Waals surface area contributed by atoms with Crippen LogP contribution in [0.3, 0.4) is 0 Å². The number of halogens is 2. The maximum atomic E-state index is 13.2. The van der Waals surface area contributed by atoms with Crippen molar-refractivity contribution in [3.63, 3.8) is 0 Å². The molecule has 0 spiro atoms. The first-order chi connectivity index (χ1) is 8.58. The second-order valence-electron chi connectivity index (χ2n) is 5.08. The van der Waals surface area contributed by atoms with E-state index in [4.69, 9.17) is 0 Å². The SMILES string of the molecule is CCC1CNC(C)CN1Cc1cc(F)cc(F)c1. The van der Waals surface area contributed by atoms with Crippen molar-refractivity contribution in [2.24, 2.45) is 0 Å². The molecular formula is C14H20F2N2. The summed E-state index contributed by atoms with van der Waals surface area (Å²) < 4.78 is 26.3. The molecule has 2 rings (SSSR count). The Balaban J connectivity index is 2.10. The highest BCUT2D eigenvalue weighted by Crippen LogP contribution is 2.16. The molecule has 4 heteroatoms. The Hall–Kier alpha value is -1.00. The lowest BCUT2D eigenvalue weighted by Crippen LogP contribution is -2.54. The zero-order chi connectivity index (χ0) is 13.1. The van der Waals surface area contributed by atoms with Gasteiger partial charge in [-0.15, -0.1) is 0 Å². The number of rotatable bonds is 3. The summed E-state index contributed by atoms with van der Waals surface area (Å²) in [6.07, 6.45) is 1.04. The monoisotopic (exact) mass is 254 g/mol. The van der Waals surface area contributed by atoms with Crippen LogP contribution >= 0.6 is 0 Å². The Bertz CT molecular complexity index is 389. The molecule has 2 nitrogen and oxygen atoms in total. The molecule has 1 saturated heterocycles. The van der Waals surface area contributed by atoms with Crippen molar-refractivity contribution in [3.05, 3.63) is 35.4 Å². The van der Waals surface area contributed by atoms with Crippen molar-refractivity contribution in [1.82, 2.24) is 10.2 Å². The van der Waals surface area contributed by atoms with Gasteiger partial charge in [0.2, 0.25) is 0 Å². The summed E-state index contributed by atoms with van der Waals surface area (Å²) >= 11 is 0. The third kappa shape index (κ3) is 3.27. The lowest BCUT2D eigenvalue weighted by molar-refractivity contribution is 0.124. The Morgan fingerprint density at radius 3 is 2.56 bits per heavy atom. The van der Waals surface area contributed by atoms with Crippen LogP contribution in [0.15, 0.2) is 18.2 Å². The number of nitrogens with one attached hydrogen (secondary N) is 1. The molecule has 1 N–H and O–H groups in total. The van der Waals surface area contributed by atoms with Crippen LogP contribution < -0.4 is 5.32 Å². The lowest BCUT2D eigenvalue weighted by Gasteiger charge is -2.39. The van der Waals surface area contributed by atoms with E-state index >= 15 is 0 Å². The standard InChI is InChI=1S/C14H20F2N2/c1-3-14-7-17-10(2)8-18(14)9-11-4-12(15)6-13(16)5-11/h4-6,10,14,17H,3,7-9H2,1-2H3. The van der Waals surface area contributed by atoms with Gasteiger partial charge in [-0.1, -0.05) is 6.92 Å². The van der Waals surface area contributed by atoms with E-state index in [1.54, 1.807) is 0 Å². The topological polar surface area (TPSA) is 15.3 Å². The van der Waals surface area contributed by atoms with Crippen molar-refractivity contribution in [2.45, 2.75) is 38.9 Å². The zero-order valence-corrected chi connectivity index (χ0v) is 10.9. The fourth-order valence-electron chi connectivity index (χ4n) is 2.56. The van der Waals surface area contributed by atoms with E-state index in [-0.39, 0.29) is 0 Å². The Labute approximate surface area is 107 Å². The van der Waals surface area contributed by atoms with Crippen LogP contribution in [0, 0.1) is 11.6 Å². The Morgan fingerprint density at radius 2 is 1.94 bits per heavy atom. The van der Waals surface area contributed by atoms with Crippen molar-refractivity contribution < 1.29 is 8.78 Å². The number of piperazine rings is 1. The minimum Gasteiger partial charge on any atom is -0.311 e. The van der Waals surface area contributed by atoms with Gasteiger partial charge in [-0.05, 0) is 31.0 Å². The first kappa shape index (κ1) is 13.4. The fourth-order valence-corrected chi connectivity index (χ4v) is 2.56. The Morgan fingerprint density at radius 1 is 1.28 bits per heavy atom. The summed E-state index contributed by atoms with van der Waals surface area (Å²) in [5, 5.41) is 3.43. The second-order valence-corrected chi connectivity index (χ2v) is 5.08. The molecular weight excluding hydrogens is 234 g/mol. The van der Waals surface area contributed by atoms with Crippen molar-refractivity contribution in [3.8, 4) is 0 Å². The quantitative estimate of drug-likeness (QED) is 0.891. The molecule has 0 radical (unpaired) electrons.